The lowest BCUT2D eigenvalue weighted by atomic mass is 9.97. The fraction of sp³-hybridized carbons (Fsp3) is 0.200. The number of hydrogen-bond acceptors (Lipinski definition) is 6. The highest BCUT2D eigenvalue weighted by atomic mass is 32.1. The van der Waals surface area contributed by atoms with Crippen molar-refractivity contribution in [3.8, 4) is 11.3 Å². The highest BCUT2D eigenvalue weighted by molar-refractivity contribution is 7.03. The molecule has 0 amide bonds. The molecule has 0 fully saturated rings. The van der Waals surface area contributed by atoms with Crippen molar-refractivity contribution in [3.05, 3.63) is 134 Å². The summed E-state index contributed by atoms with van der Waals surface area (Å²) < 4.78 is 5.83. The number of benzene rings is 3. The van der Waals surface area contributed by atoms with Gasteiger partial charge in [-0.2, -0.15) is 0 Å². The molecule has 5 aromatic rings. The molecule has 6 rings (SSSR count). The molecule has 0 unspecified atom stereocenters. The van der Waals surface area contributed by atoms with Crippen LogP contribution in [0, 0.1) is 6.92 Å². The van der Waals surface area contributed by atoms with Gasteiger partial charge in [-0.25, -0.2) is 4.98 Å². The molecule has 1 aliphatic rings. The van der Waals surface area contributed by atoms with E-state index in [1.807, 2.05) is 53.3 Å². The largest absolute Gasteiger partial charge is 0.294 e. The zero-order chi connectivity index (χ0) is 25.2. The number of rotatable bonds is 6. The monoisotopic (exact) mass is 505 g/mol. The van der Waals surface area contributed by atoms with Crippen molar-refractivity contribution in [2.24, 2.45) is 0 Å². The predicted molar refractivity (Wildman–Crippen MR) is 147 cm³/mol. The second-order valence-corrected chi connectivity index (χ2v) is 10.0. The topological polar surface area (TPSA) is 63.9 Å². The fourth-order valence-corrected chi connectivity index (χ4v) is 5.66. The second kappa shape index (κ2) is 10.2. The molecule has 6 nitrogen and oxygen atoms in total. The summed E-state index contributed by atoms with van der Waals surface area (Å²) in [7, 11) is 0. The first-order chi connectivity index (χ1) is 18.2. The molecule has 0 aliphatic carbocycles. The average Bonchev–Trinajstić information content (AvgIpc) is 3.48. The van der Waals surface area contributed by atoms with E-state index in [0.29, 0.717) is 6.54 Å². The van der Waals surface area contributed by atoms with Crippen molar-refractivity contribution < 1.29 is 0 Å². The van der Waals surface area contributed by atoms with Crippen molar-refractivity contribution in [1.82, 2.24) is 24.0 Å². The molecule has 0 radical (unpaired) electrons. The van der Waals surface area contributed by atoms with Crippen LogP contribution in [0.1, 0.15) is 39.8 Å². The maximum Gasteiger partial charge on any atom is 0.259 e. The summed E-state index contributed by atoms with van der Waals surface area (Å²) in [6.45, 7) is 4.20. The van der Waals surface area contributed by atoms with E-state index in [-0.39, 0.29) is 11.6 Å². The van der Waals surface area contributed by atoms with Crippen molar-refractivity contribution in [2.75, 3.05) is 6.54 Å². The van der Waals surface area contributed by atoms with Crippen LogP contribution < -0.4 is 5.56 Å². The molecule has 0 N–H and O–H groups in total. The lowest BCUT2D eigenvalue weighted by Gasteiger charge is -2.30. The van der Waals surface area contributed by atoms with Crippen molar-refractivity contribution in [1.29, 1.82) is 0 Å². The first-order valence-corrected chi connectivity index (χ1v) is 13.3. The van der Waals surface area contributed by atoms with E-state index in [2.05, 4.69) is 63.0 Å². The minimum atomic E-state index is -0.226. The molecule has 184 valence electrons. The molecule has 3 aromatic carbocycles. The summed E-state index contributed by atoms with van der Waals surface area (Å²) in [6, 6.07) is 28.7. The van der Waals surface area contributed by atoms with E-state index < -0.39 is 0 Å². The van der Waals surface area contributed by atoms with Gasteiger partial charge in [0.15, 0.2) is 0 Å². The summed E-state index contributed by atoms with van der Waals surface area (Å²) in [5.74, 6) is 0.752. The van der Waals surface area contributed by atoms with Crippen molar-refractivity contribution in [2.45, 2.75) is 32.5 Å². The van der Waals surface area contributed by atoms with Crippen LogP contribution in [-0.4, -0.2) is 30.6 Å². The number of aryl methyl sites for hydroxylation is 1. The van der Waals surface area contributed by atoms with Crippen LogP contribution in [0.5, 0.6) is 0 Å². The van der Waals surface area contributed by atoms with Gasteiger partial charge < -0.3 is 0 Å². The fourth-order valence-electron chi connectivity index (χ4n) is 5.19. The van der Waals surface area contributed by atoms with Gasteiger partial charge in [0.25, 0.3) is 5.56 Å². The highest BCUT2D eigenvalue weighted by Gasteiger charge is 2.27. The van der Waals surface area contributed by atoms with Crippen molar-refractivity contribution in [3.63, 3.8) is 0 Å². The summed E-state index contributed by atoms with van der Waals surface area (Å²) in [5, 5.41) is 6.11. The Morgan fingerprint density at radius 3 is 2.22 bits per heavy atom. The van der Waals surface area contributed by atoms with E-state index in [1.165, 1.54) is 17.1 Å². The van der Waals surface area contributed by atoms with Crippen LogP contribution >= 0.6 is 11.5 Å². The Balaban J connectivity index is 1.32. The quantitative estimate of drug-likeness (QED) is 0.315. The Morgan fingerprint density at radius 1 is 0.919 bits per heavy atom. The minimum Gasteiger partial charge on any atom is -0.294 e. The number of nitrogens with zero attached hydrogens (tertiary/aromatic N) is 5. The molecule has 2 aromatic heterocycles. The van der Waals surface area contributed by atoms with Gasteiger partial charge in [0.2, 0.25) is 0 Å². The molecule has 37 heavy (non-hydrogen) atoms. The Morgan fingerprint density at radius 2 is 1.59 bits per heavy atom. The van der Waals surface area contributed by atoms with E-state index >= 15 is 0 Å². The standard InChI is InChI=1S/C30H27N5OS/c1-21-31-27-16-17-34(18-22-12-14-23(15-13-22)28-20-37-33-32-28)19-26(27)30(36)35(21)29(24-8-4-2-5-9-24)25-10-6-3-7-11-25/h2-15,20,29H,16-19H2,1H3. The molecule has 1 aliphatic heterocycles. The first kappa shape index (κ1) is 23.5. The van der Waals surface area contributed by atoms with Gasteiger partial charge in [0, 0.05) is 37.0 Å². The summed E-state index contributed by atoms with van der Waals surface area (Å²) in [4.78, 5) is 21.4. The number of hydrogen-bond donors (Lipinski definition) is 0. The molecule has 3 heterocycles. The third kappa shape index (κ3) is 4.75. The zero-order valence-electron chi connectivity index (χ0n) is 20.6. The average molecular weight is 506 g/mol. The Kier molecular flexibility index (Phi) is 6.47. The summed E-state index contributed by atoms with van der Waals surface area (Å²) in [6.07, 6.45) is 0.774. The van der Waals surface area contributed by atoms with Gasteiger partial charge in [-0.05, 0) is 35.1 Å². The van der Waals surface area contributed by atoms with Gasteiger partial charge in [0.1, 0.15) is 11.5 Å². The Hall–Kier alpha value is -3.94. The number of aromatic nitrogens is 4. The lowest BCUT2D eigenvalue weighted by Crippen LogP contribution is -2.40. The predicted octanol–water partition coefficient (Wildman–Crippen LogP) is 5.27. The molecule has 0 bridgehead atoms. The first-order valence-electron chi connectivity index (χ1n) is 12.5. The van der Waals surface area contributed by atoms with Crippen LogP contribution in [0.15, 0.2) is 95.1 Å². The molecule has 0 atom stereocenters. The van der Waals surface area contributed by atoms with Gasteiger partial charge >= 0.3 is 0 Å². The molecular formula is C30H27N5OS. The van der Waals surface area contributed by atoms with Gasteiger partial charge in [-0.1, -0.05) is 89.4 Å². The van der Waals surface area contributed by atoms with E-state index in [1.54, 1.807) is 0 Å². The van der Waals surface area contributed by atoms with Crippen molar-refractivity contribution >= 4 is 11.5 Å². The zero-order valence-corrected chi connectivity index (χ0v) is 21.4. The maximum atomic E-state index is 14.1. The molecule has 0 saturated heterocycles. The Labute approximate surface area is 220 Å². The molecular weight excluding hydrogens is 478 g/mol. The van der Waals surface area contributed by atoms with Gasteiger partial charge in [-0.3, -0.25) is 14.3 Å². The van der Waals surface area contributed by atoms with Crippen LogP contribution in [-0.2, 0) is 19.5 Å². The van der Waals surface area contributed by atoms with Crippen LogP contribution in [0.2, 0.25) is 0 Å². The highest BCUT2D eigenvalue weighted by Crippen LogP contribution is 2.28. The van der Waals surface area contributed by atoms with Crippen LogP contribution in [0.25, 0.3) is 11.3 Å². The van der Waals surface area contributed by atoms with E-state index in [0.717, 1.165) is 59.0 Å². The van der Waals surface area contributed by atoms with Gasteiger partial charge in [0.05, 0.1) is 17.3 Å². The maximum absolute atomic E-state index is 14.1. The van der Waals surface area contributed by atoms with E-state index in [4.69, 9.17) is 4.98 Å². The smallest absolute Gasteiger partial charge is 0.259 e. The second-order valence-electron chi connectivity index (χ2n) is 9.43. The Bertz CT molecular complexity index is 1510. The van der Waals surface area contributed by atoms with Gasteiger partial charge in [-0.15, -0.1) is 5.10 Å². The minimum absolute atomic E-state index is 0.0521. The molecule has 0 saturated carbocycles. The number of fused-ring (bicyclic) bond motifs is 1. The van der Waals surface area contributed by atoms with E-state index in [9.17, 15) is 4.79 Å². The molecule has 0 spiro atoms. The summed E-state index contributed by atoms with van der Waals surface area (Å²) >= 11 is 1.36. The normalized spacial score (nSPS) is 13.6. The van der Waals surface area contributed by atoms with Crippen LogP contribution in [0.4, 0.5) is 0 Å². The third-order valence-electron chi connectivity index (χ3n) is 7.02. The summed E-state index contributed by atoms with van der Waals surface area (Å²) in [5.41, 5.74) is 7.11. The molecule has 7 heteroatoms. The SMILES string of the molecule is Cc1nc2c(c(=O)n1C(c1ccccc1)c1ccccc1)CN(Cc1ccc(-c3csnn3)cc1)CC2. The van der Waals surface area contributed by atoms with Crippen LogP contribution in [0.3, 0.4) is 0 Å². The third-order valence-corrected chi connectivity index (χ3v) is 7.53. The lowest BCUT2D eigenvalue weighted by molar-refractivity contribution is 0.240.